The molecule has 3 rings (SSSR count). The van der Waals surface area contributed by atoms with Crippen molar-refractivity contribution in [3.05, 3.63) is 76.2 Å². The summed E-state index contributed by atoms with van der Waals surface area (Å²) in [6, 6.07) is 13.7. The molecule has 6 heteroatoms. The van der Waals surface area contributed by atoms with E-state index in [4.69, 9.17) is 18.6 Å². The molecule has 0 aliphatic rings. The van der Waals surface area contributed by atoms with Crippen molar-refractivity contribution in [2.45, 2.75) is 6.61 Å². The highest BCUT2D eigenvalue weighted by Crippen LogP contribution is 2.23. The molecule has 27 heavy (non-hydrogen) atoms. The topological polar surface area (TPSA) is 75.0 Å². The fourth-order valence-electron chi connectivity index (χ4n) is 2.62. The lowest BCUT2D eigenvalue weighted by atomic mass is 10.1. The zero-order valence-electron chi connectivity index (χ0n) is 14.9. The van der Waals surface area contributed by atoms with Crippen molar-refractivity contribution in [2.75, 3.05) is 14.2 Å². The lowest BCUT2D eigenvalue weighted by Gasteiger charge is -2.07. The van der Waals surface area contributed by atoms with Crippen LogP contribution in [0.2, 0.25) is 0 Å². The summed E-state index contributed by atoms with van der Waals surface area (Å²) < 4.78 is 20.8. The number of hydrogen-bond acceptors (Lipinski definition) is 6. The molecule has 0 atom stereocenters. The van der Waals surface area contributed by atoms with Crippen LogP contribution in [0.3, 0.4) is 0 Å². The number of hydrogen-bond donors (Lipinski definition) is 0. The molecule has 3 aromatic rings. The van der Waals surface area contributed by atoms with Crippen LogP contribution in [0.25, 0.3) is 17.0 Å². The summed E-state index contributed by atoms with van der Waals surface area (Å²) >= 11 is 0. The van der Waals surface area contributed by atoms with Gasteiger partial charge in [0.2, 0.25) is 0 Å². The quantitative estimate of drug-likeness (QED) is 0.377. The fourth-order valence-corrected chi connectivity index (χ4v) is 2.62. The van der Waals surface area contributed by atoms with Gasteiger partial charge in [-0.2, -0.15) is 0 Å². The number of para-hydroxylation sites is 1. The molecule has 0 radical (unpaired) electrons. The normalized spacial score (nSPS) is 10.9. The Morgan fingerprint density at radius 2 is 1.89 bits per heavy atom. The summed E-state index contributed by atoms with van der Waals surface area (Å²) in [4.78, 5) is 23.8. The monoisotopic (exact) mass is 366 g/mol. The minimum atomic E-state index is -0.532. The van der Waals surface area contributed by atoms with Crippen LogP contribution in [0.1, 0.15) is 11.1 Å². The number of methoxy groups -OCH3 is 2. The first kappa shape index (κ1) is 18.3. The molecular weight excluding hydrogens is 348 g/mol. The summed E-state index contributed by atoms with van der Waals surface area (Å²) in [7, 11) is 3.09. The molecule has 0 N–H and O–H groups in total. The summed E-state index contributed by atoms with van der Waals surface area (Å²) in [6.45, 7) is -0.0521. The van der Waals surface area contributed by atoms with Crippen LogP contribution in [0, 0.1) is 0 Å². The van der Waals surface area contributed by atoms with Gasteiger partial charge in [-0.3, -0.25) is 0 Å². The molecule has 0 bridgehead atoms. The van der Waals surface area contributed by atoms with Crippen LogP contribution < -0.4 is 15.1 Å². The van der Waals surface area contributed by atoms with Gasteiger partial charge in [-0.15, -0.1) is 0 Å². The van der Waals surface area contributed by atoms with E-state index in [1.165, 1.54) is 19.3 Å². The van der Waals surface area contributed by atoms with Gasteiger partial charge in [-0.25, -0.2) is 9.59 Å². The van der Waals surface area contributed by atoms with Crippen molar-refractivity contribution in [1.82, 2.24) is 0 Å². The lowest BCUT2D eigenvalue weighted by Crippen LogP contribution is -2.05. The maximum absolute atomic E-state index is 12.0. The molecule has 0 saturated heterocycles. The average molecular weight is 366 g/mol. The standard InChI is InChI=1S/C21H18O6/c1-24-16-8-9-17-15(11-21(23)27-19(17)12-16)13-26-20(22)10-7-14-5-3-4-6-18(14)25-2/h3-12H,13H2,1-2H3/b10-7+. The third kappa shape index (κ3) is 4.36. The number of fused-ring (bicyclic) bond motifs is 1. The van der Waals surface area contributed by atoms with Gasteiger partial charge in [0, 0.05) is 34.7 Å². The third-order valence-electron chi connectivity index (χ3n) is 3.95. The molecule has 0 fully saturated rings. The van der Waals surface area contributed by atoms with Crippen molar-refractivity contribution in [3.8, 4) is 11.5 Å². The van der Waals surface area contributed by atoms with Crippen LogP contribution in [0.4, 0.5) is 0 Å². The Balaban J connectivity index is 1.75. The number of carbonyl (C=O) groups is 1. The van der Waals surface area contributed by atoms with Gasteiger partial charge in [0.15, 0.2) is 0 Å². The molecule has 0 aliphatic heterocycles. The van der Waals surface area contributed by atoms with Crippen molar-refractivity contribution in [2.24, 2.45) is 0 Å². The number of carbonyl (C=O) groups excluding carboxylic acids is 1. The largest absolute Gasteiger partial charge is 0.497 e. The van der Waals surface area contributed by atoms with E-state index >= 15 is 0 Å². The van der Waals surface area contributed by atoms with E-state index in [1.54, 1.807) is 37.5 Å². The summed E-state index contributed by atoms with van der Waals surface area (Å²) in [6.07, 6.45) is 2.93. The summed E-state index contributed by atoms with van der Waals surface area (Å²) in [5.74, 6) is 0.692. The minimum absolute atomic E-state index is 0.0521. The second kappa shape index (κ2) is 8.23. The number of ether oxygens (including phenoxy) is 3. The van der Waals surface area contributed by atoms with Gasteiger partial charge >= 0.3 is 11.6 Å². The van der Waals surface area contributed by atoms with Crippen molar-refractivity contribution in [1.29, 1.82) is 0 Å². The first-order valence-corrected chi connectivity index (χ1v) is 8.19. The fraction of sp³-hybridized carbons (Fsp3) is 0.143. The van der Waals surface area contributed by atoms with E-state index in [-0.39, 0.29) is 6.61 Å². The molecule has 0 saturated carbocycles. The molecule has 0 aliphatic carbocycles. The third-order valence-corrected chi connectivity index (χ3v) is 3.95. The highest BCUT2D eigenvalue weighted by Gasteiger charge is 2.09. The Labute approximate surface area is 155 Å². The summed E-state index contributed by atoms with van der Waals surface area (Å²) in [5.41, 5.74) is 1.17. The molecule has 6 nitrogen and oxygen atoms in total. The SMILES string of the molecule is COc1ccc2c(COC(=O)/C=C/c3ccccc3OC)cc(=O)oc2c1. The molecule has 2 aromatic carbocycles. The van der Waals surface area contributed by atoms with Gasteiger partial charge < -0.3 is 18.6 Å². The highest BCUT2D eigenvalue weighted by molar-refractivity contribution is 5.88. The Morgan fingerprint density at radius 3 is 2.67 bits per heavy atom. The van der Waals surface area contributed by atoms with Crippen LogP contribution in [0.15, 0.2) is 63.8 Å². The molecule has 1 heterocycles. The van der Waals surface area contributed by atoms with E-state index < -0.39 is 11.6 Å². The van der Waals surface area contributed by atoms with Crippen LogP contribution in [-0.4, -0.2) is 20.2 Å². The highest BCUT2D eigenvalue weighted by atomic mass is 16.5. The van der Waals surface area contributed by atoms with E-state index in [2.05, 4.69) is 0 Å². The Bertz CT molecular complexity index is 1050. The van der Waals surface area contributed by atoms with Crippen LogP contribution in [0.5, 0.6) is 11.5 Å². The average Bonchev–Trinajstić information content (AvgIpc) is 2.69. The second-order valence-corrected chi connectivity index (χ2v) is 5.64. The molecule has 1 aromatic heterocycles. The van der Waals surface area contributed by atoms with Crippen molar-refractivity contribution >= 4 is 23.0 Å². The number of esters is 1. The van der Waals surface area contributed by atoms with E-state index in [0.29, 0.717) is 28.0 Å². The first-order valence-electron chi connectivity index (χ1n) is 8.19. The maximum atomic E-state index is 12.0. The summed E-state index contributed by atoms with van der Waals surface area (Å²) in [5, 5.41) is 0.678. The number of rotatable bonds is 6. The molecule has 0 unspecified atom stereocenters. The van der Waals surface area contributed by atoms with Gasteiger partial charge in [-0.05, 0) is 24.3 Å². The molecule has 0 amide bonds. The van der Waals surface area contributed by atoms with E-state index in [9.17, 15) is 9.59 Å². The number of benzene rings is 2. The van der Waals surface area contributed by atoms with E-state index in [0.717, 1.165) is 5.56 Å². The second-order valence-electron chi connectivity index (χ2n) is 5.64. The van der Waals surface area contributed by atoms with E-state index in [1.807, 2.05) is 18.2 Å². The predicted molar refractivity (Wildman–Crippen MR) is 101 cm³/mol. The predicted octanol–water partition coefficient (Wildman–Crippen LogP) is 3.57. The van der Waals surface area contributed by atoms with Gasteiger partial charge in [0.25, 0.3) is 0 Å². The molecule has 138 valence electrons. The zero-order valence-corrected chi connectivity index (χ0v) is 14.9. The van der Waals surface area contributed by atoms with Crippen LogP contribution in [-0.2, 0) is 16.1 Å². The van der Waals surface area contributed by atoms with Gasteiger partial charge in [0.1, 0.15) is 23.7 Å². The molecular formula is C21H18O6. The Morgan fingerprint density at radius 1 is 1.07 bits per heavy atom. The van der Waals surface area contributed by atoms with Crippen molar-refractivity contribution in [3.63, 3.8) is 0 Å². The molecule has 0 spiro atoms. The van der Waals surface area contributed by atoms with Gasteiger partial charge in [-0.1, -0.05) is 18.2 Å². The van der Waals surface area contributed by atoms with Crippen molar-refractivity contribution < 1.29 is 23.4 Å². The smallest absolute Gasteiger partial charge is 0.336 e. The van der Waals surface area contributed by atoms with Crippen LogP contribution >= 0.6 is 0 Å². The Kier molecular flexibility index (Phi) is 5.56. The maximum Gasteiger partial charge on any atom is 0.336 e. The lowest BCUT2D eigenvalue weighted by molar-refractivity contribution is -0.138. The zero-order chi connectivity index (χ0) is 19.2. The van der Waals surface area contributed by atoms with Gasteiger partial charge in [0.05, 0.1) is 14.2 Å². The minimum Gasteiger partial charge on any atom is -0.497 e. The first-order chi connectivity index (χ1) is 13.1. The Hall–Kier alpha value is -3.54.